The van der Waals surface area contributed by atoms with Gasteiger partial charge in [-0.25, -0.2) is 0 Å². The molecule has 1 unspecified atom stereocenters. The fraction of sp³-hybridized carbons (Fsp3) is 0.647. The normalized spacial score (nSPS) is 27.2. The Labute approximate surface area is 137 Å². The number of ether oxygens (including phenoxy) is 1. The highest BCUT2D eigenvalue weighted by atomic mass is 79.9. The molecular formula is C17H27BrN2O. The van der Waals surface area contributed by atoms with Crippen LogP contribution in [0, 0.1) is 0 Å². The standard InChI is InChI=1S/C17H27BrN2O/c1-15(2)11-17(12-19,16(3,4)21-15)20(5)10-13-8-6-7-9-14(13)18/h6-9H,10-12,19H2,1-5H3. The van der Waals surface area contributed by atoms with E-state index < -0.39 is 0 Å². The van der Waals surface area contributed by atoms with Gasteiger partial charge in [-0.1, -0.05) is 34.1 Å². The minimum Gasteiger partial charge on any atom is -0.368 e. The first kappa shape index (κ1) is 16.9. The molecule has 0 aliphatic carbocycles. The number of hydrogen-bond acceptors (Lipinski definition) is 3. The average Bonchev–Trinajstić information content (AvgIpc) is 2.57. The Bertz CT molecular complexity index is 515. The van der Waals surface area contributed by atoms with Crippen LogP contribution in [0.3, 0.4) is 0 Å². The molecule has 1 aromatic rings. The van der Waals surface area contributed by atoms with E-state index in [0.717, 1.165) is 17.4 Å². The zero-order chi connectivity index (χ0) is 15.9. The molecule has 1 fully saturated rings. The molecular weight excluding hydrogens is 328 g/mol. The summed E-state index contributed by atoms with van der Waals surface area (Å²) in [6.45, 7) is 10.1. The van der Waals surface area contributed by atoms with Crippen LogP contribution < -0.4 is 5.73 Å². The molecule has 0 aromatic heterocycles. The number of nitrogens with two attached hydrogens (primary N) is 1. The van der Waals surface area contributed by atoms with Crippen molar-refractivity contribution in [1.82, 2.24) is 4.90 Å². The Morgan fingerprint density at radius 3 is 2.33 bits per heavy atom. The van der Waals surface area contributed by atoms with Crippen LogP contribution in [0.15, 0.2) is 28.7 Å². The Balaban J connectivity index is 2.31. The maximum Gasteiger partial charge on any atom is 0.0830 e. The topological polar surface area (TPSA) is 38.5 Å². The van der Waals surface area contributed by atoms with E-state index in [1.165, 1.54) is 5.56 Å². The molecule has 2 rings (SSSR count). The molecule has 1 aliphatic heterocycles. The molecule has 4 heteroatoms. The van der Waals surface area contributed by atoms with E-state index in [-0.39, 0.29) is 16.7 Å². The molecule has 1 atom stereocenters. The monoisotopic (exact) mass is 354 g/mol. The van der Waals surface area contributed by atoms with Crippen molar-refractivity contribution < 1.29 is 4.74 Å². The smallest absolute Gasteiger partial charge is 0.0830 e. The van der Waals surface area contributed by atoms with E-state index in [4.69, 9.17) is 10.5 Å². The number of benzene rings is 1. The summed E-state index contributed by atoms with van der Waals surface area (Å²) in [5.74, 6) is 0. The largest absolute Gasteiger partial charge is 0.368 e. The van der Waals surface area contributed by atoms with Crippen molar-refractivity contribution in [3.05, 3.63) is 34.3 Å². The van der Waals surface area contributed by atoms with Crippen molar-refractivity contribution in [1.29, 1.82) is 0 Å². The zero-order valence-corrected chi connectivity index (χ0v) is 15.3. The van der Waals surface area contributed by atoms with Gasteiger partial charge in [-0.2, -0.15) is 0 Å². The van der Waals surface area contributed by atoms with Gasteiger partial charge in [0, 0.05) is 17.6 Å². The second-order valence-corrected chi connectivity index (χ2v) is 8.09. The number of rotatable bonds is 4. The summed E-state index contributed by atoms with van der Waals surface area (Å²) in [5, 5.41) is 0. The third kappa shape index (κ3) is 3.04. The molecule has 0 bridgehead atoms. The van der Waals surface area contributed by atoms with E-state index in [9.17, 15) is 0 Å². The second-order valence-electron chi connectivity index (χ2n) is 7.23. The zero-order valence-electron chi connectivity index (χ0n) is 13.7. The van der Waals surface area contributed by atoms with E-state index in [1.54, 1.807) is 0 Å². The van der Waals surface area contributed by atoms with Gasteiger partial charge in [0.15, 0.2) is 0 Å². The lowest BCUT2D eigenvalue weighted by atomic mass is 9.77. The highest BCUT2D eigenvalue weighted by Crippen LogP contribution is 2.48. The Kier molecular flexibility index (Phi) is 4.56. The van der Waals surface area contributed by atoms with Gasteiger partial charge in [-0.05, 0) is 52.8 Å². The lowest BCUT2D eigenvalue weighted by molar-refractivity contribution is -0.101. The Morgan fingerprint density at radius 1 is 1.24 bits per heavy atom. The summed E-state index contributed by atoms with van der Waals surface area (Å²) < 4.78 is 7.44. The van der Waals surface area contributed by atoms with Gasteiger partial charge >= 0.3 is 0 Å². The van der Waals surface area contributed by atoms with Crippen molar-refractivity contribution in [3.63, 3.8) is 0 Å². The Hall–Kier alpha value is -0.420. The first-order valence-electron chi connectivity index (χ1n) is 7.48. The summed E-state index contributed by atoms with van der Waals surface area (Å²) in [5.41, 5.74) is 6.91. The number of likely N-dealkylation sites (N-methyl/N-ethyl adjacent to an activating group) is 1. The fourth-order valence-electron chi connectivity index (χ4n) is 3.84. The van der Waals surface area contributed by atoms with Gasteiger partial charge in [0.05, 0.1) is 16.7 Å². The second kappa shape index (κ2) is 5.65. The van der Waals surface area contributed by atoms with Gasteiger partial charge in [0.25, 0.3) is 0 Å². The van der Waals surface area contributed by atoms with Crippen molar-refractivity contribution in [2.75, 3.05) is 13.6 Å². The van der Waals surface area contributed by atoms with Crippen LogP contribution in [-0.2, 0) is 11.3 Å². The molecule has 3 nitrogen and oxygen atoms in total. The third-order valence-electron chi connectivity index (χ3n) is 4.80. The van der Waals surface area contributed by atoms with Crippen LogP contribution >= 0.6 is 15.9 Å². The van der Waals surface area contributed by atoms with Crippen LogP contribution in [0.1, 0.15) is 39.7 Å². The van der Waals surface area contributed by atoms with E-state index >= 15 is 0 Å². The highest BCUT2D eigenvalue weighted by molar-refractivity contribution is 9.10. The summed E-state index contributed by atoms with van der Waals surface area (Å²) in [7, 11) is 2.15. The van der Waals surface area contributed by atoms with E-state index in [0.29, 0.717) is 6.54 Å². The maximum absolute atomic E-state index is 6.30. The fourth-order valence-corrected chi connectivity index (χ4v) is 4.25. The molecule has 2 N–H and O–H groups in total. The molecule has 21 heavy (non-hydrogen) atoms. The van der Waals surface area contributed by atoms with Gasteiger partial charge in [-0.3, -0.25) is 4.90 Å². The molecule has 0 amide bonds. The average molecular weight is 355 g/mol. The van der Waals surface area contributed by atoms with Gasteiger partial charge in [0.1, 0.15) is 0 Å². The van der Waals surface area contributed by atoms with Crippen molar-refractivity contribution in [3.8, 4) is 0 Å². The molecule has 0 saturated carbocycles. The first-order valence-corrected chi connectivity index (χ1v) is 8.28. The van der Waals surface area contributed by atoms with Gasteiger partial charge in [-0.15, -0.1) is 0 Å². The molecule has 118 valence electrons. The molecule has 0 spiro atoms. The molecule has 0 radical (unpaired) electrons. The first-order chi connectivity index (χ1) is 9.63. The molecule has 1 heterocycles. The summed E-state index contributed by atoms with van der Waals surface area (Å²) >= 11 is 3.63. The SMILES string of the molecule is CN(Cc1ccccc1Br)C1(CN)CC(C)(C)OC1(C)C. The van der Waals surface area contributed by atoms with Crippen LogP contribution in [0.5, 0.6) is 0 Å². The minimum atomic E-state index is -0.277. The number of nitrogens with zero attached hydrogens (tertiary/aromatic N) is 1. The molecule has 1 aliphatic rings. The van der Waals surface area contributed by atoms with Gasteiger partial charge in [0.2, 0.25) is 0 Å². The summed E-state index contributed by atoms with van der Waals surface area (Å²) in [6.07, 6.45) is 0.935. The van der Waals surface area contributed by atoms with Crippen molar-refractivity contribution >= 4 is 15.9 Å². The summed E-state index contributed by atoms with van der Waals surface area (Å²) in [6, 6.07) is 8.35. The van der Waals surface area contributed by atoms with Crippen LogP contribution in [0.25, 0.3) is 0 Å². The van der Waals surface area contributed by atoms with Crippen LogP contribution in [-0.4, -0.2) is 35.2 Å². The van der Waals surface area contributed by atoms with E-state index in [2.05, 4.69) is 73.8 Å². The quantitative estimate of drug-likeness (QED) is 0.898. The van der Waals surface area contributed by atoms with Crippen molar-refractivity contribution in [2.24, 2.45) is 5.73 Å². The predicted molar refractivity (Wildman–Crippen MR) is 91.3 cm³/mol. The third-order valence-corrected chi connectivity index (χ3v) is 5.58. The van der Waals surface area contributed by atoms with Crippen LogP contribution in [0.4, 0.5) is 0 Å². The molecule has 1 saturated heterocycles. The minimum absolute atomic E-state index is 0.148. The predicted octanol–water partition coefficient (Wildman–Crippen LogP) is 3.56. The highest BCUT2D eigenvalue weighted by Gasteiger charge is 2.58. The van der Waals surface area contributed by atoms with Crippen LogP contribution in [0.2, 0.25) is 0 Å². The van der Waals surface area contributed by atoms with Gasteiger partial charge < -0.3 is 10.5 Å². The maximum atomic E-state index is 6.30. The number of hydrogen-bond donors (Lipinski definition) is 1. The Morgan fingerprint density at radius 2 is 1.86 bits per heavy atom. The number of halogens is 1. The lowest BCUT2D eigenvalue weighted by Gasteiger charge is -2.46. The molecule has 1 aromatic carbocycles. The van der Waals surface area contributed by atoms with E-state index in [1.807, 2.05) is 6.07 Å². The lowest BCUT2D eigenvalue weighted by Crippen LogP contribution is -2.61. The summed E-state index contributed by atoms with van der Waals surface area (Å²) in [4.78, 5) is 2.36. The van der Waals surface area contributed by atoms with Crippen molar-refractivity contribution in [2.45, 2.75) is 57.4 Å².